The number of carbonyl (C=O) groups excluding carboxylic acids is 6. The quantitative estimate of drug-likeness (QED) is 0.0158. The number of alkyl carbamates (subject to hydrolysis) is 1. The second-order valence-electron chi connectivity index (χ2n) is 28.2. The first kappa shape index (κ1) is 84.4. The van der Waals surface area contributed by atoms with E-state index in [9.17, 15) is 38.7 Å². The maximum Gasteiger partial charge on any atom is 0.407 e. The first-order valence-electron chi connectivity index (χ1n) is 39.0. The minimum absolute atomic E-state index is 0.0129. The van der Waals surface area contributed by atoms with Gasteiger partial charge in [0.05, 0.1) is 178 Å². The van der Waals surface area contributed by atoms with E-state index in [0.29, 0.717) is 201 Å². The third kappa shape index (κ3) is 21.3. The number of aliphatic hydroxyl groups is 1. The normalized spacial score (nSPS) is 15.7. The van der Waals surface area contributed by atoms with Crippen LogP contribution in [0.3, 0.4) is 0 Å². The van der Waals surface area contributed by atoms with Gasteiger partial charge in [0.2, 0.25) is 23.6 Å². The van der Waals surface area contributed by atoms with Crippen molar-refractivity contribution >= 4 is 58.0 Å². The highest BCUT2D eigenvalue weighted by Crippen LogP contribution is 2.47. The molecule has 7 N–H and O–H groups in total. The predicted octanol–water partition coefficient (Wildman–Crippen LogP) is 7.56. The van der Waals surface area contributed by atoms with E-state index < -0.39 is 64.9 Å². The number of aryl methyl sites for hydroxylation is 1. The smallest absolute Gasteiger partial charge is 0.407 e. The highest BCUT2D eigenvalue weighted by atomic mass is 19.1. The van der Waals surface area contributed by atoms with Crippen LogP contribution in [0.1, 0.15) is 123 Å². The molecule has 0 saturated carbocycles. The van der Waals surface area contributed by atoms with Gasteiger partial charge in [-0.1, -0.05) is 87.5 Å². The lowest BCUT2D eigenvalue weighted by Crippen LogP contribution is -2.54. The zero-order chi connectivity index (χ0) is 79.8. The van der Waals surface area contributed by atoms with Crippen LogP contribution in [0.5, 0.6) is 0 Å². The number of para-hydroxylation sites is 1. The van der Waals surface area contributed by atoms with Gasteiger partial charge in [-0.25, -0.2) is 23.6 Å². The Morgan fingerprint density at radius 3 is 1.94 bits per heavy atom. The van der Waals surface area contributed by atoms with Crippen molar-refractivity contribution < 1.29 is 90.4 Å². The van der Waals surface area contributed by atoms with Crippen LogP contribution in [-0.2, 0) is 121 Å². The number of carbonyl (C=O) groups is 6. The Morgan fingerprint density at radius 2 is 1.32 bits per heavy atom. The third-order valence-electron chi connectivity index (χ3n) is 20.4. The summed E-state index contributed by atoms with van der Waals surface area (Å²) in [7, 11) is 0. The van der Waals surface area contributed by atoms with Crippen LogP contribution >= 0.6 is 0 Å². The van der Waals surface area contributed by atoms with Crippen molar-refractivity contribution in [1.82, 2.24) is 40.5 Å². The summed E-state index contributed by atoms with van der Waals surface area (Å²) in [6, 6.07) is 23.0. The number of pyridine rings is 2. The van der Waals surface area contributed by atoms with Crippen molar-refractivity contribution in [3.8, 4) is 33.9 Å². The zero-order valence-corrected chi connectivity index (χ0v) is 65.0. The average Bonchev–Trinajstić information content (AvgIpc) is 1.54. The van der Waals surface area contributed by atoms with Gasteiger partial charge < -0.3 is 93.7 Å². The van der Waals surface area contributed by atoms with Crippen LogP contribution in [0.15, 0.2) is 89.7 Å². The number of rotatable bonds is 45. The molecule has 6 heterocycles. The average molecular weight is 1570 g/mol. The molecule has 30 nitrogen and oxygen atoms in total. The van der Waals surface area contributed by atoms with E-state index in [1.807, 2.05) is 59.0 Å². The summed E-state index contributed by atoms with van der Waals surface area (Å²) in [5, 5.41) is 32.8. The molecule has 3 aromatic heterocycles. The molecule has 0 spiro atoms. The van der Waals surface area contributed by atoms with Gasteiger partial charge in [0, 0.05) is 52.2 Å². The number of hydrogen-bond donors (Lipinski definition) is 6. The van der Waals surface area contributed by atoms with Crippen LogP contribution in [0, 0.1) is 18.7 Å². The van der Waals surface area contributed by atoms with Crippen LogP contribution in [0.2, 0.25) is 0 Å². The summed E-state index contributed by atoms with van der Waals surface area (Å²) in [4.78, 5) is 101. The molecule has 5 amide bonds. The Morgan fingerprint density at radius 1 is 0.708 bits per heavy atom. The standard InChI is InChI=1S/C82H104FN11O19/c1-6-70(96)92-48-55-14-8-9-15-58(55)76-75(59-16-10-11-18-67(59)92)90-91-94(76)27-29-104-31-33-106-35-37-108-39-41-110-43-45-111-44-42-109-40-38-107-36-34-105-32-30-103-28-25-69(95)89-73(52(3)4)78(98)87-65(17-12-13-26-84)77(97)85-56-21-19-54(20-22-56)50-113-81(101)88-64-24-23-57-53(5)63(83)47-66-71(57)72(64)60-49-93-68(74(60)86-66)46-62-61(79(93)99)51-112-80(100)82(62,102)7-2/h8-11,14-16,18-22,46-47,52,64-65,73,102H,6-7,12-13,17,23-45,48-51,84H2,1-5H3,(H,85,97)(H,87,98)(H,88,101)(H,89,95)/t64-,65-,73-,82-/m0/s1. The van der Waals surface area contributed by atoms with Gasteiger partial charge in [0.25, 0.3) is 5.56 Å². The number of nitrogens with two attached hydrogens (primary N) is 1. The minimum Gasteiger partial charge on any atom is -0.458 e. The SMILES string of the molecule is CCC(=O)N1Cc2ccccc2-c2c(nnn2CCOCCOCCOCCOCCOCCOCCOCCOCCOCCC(=O)N[C@H](C(=O)N[C@@H](CCCCN)C(=O)Nc2ccc(COC(=O)N[C@H]3CCc4c(C)c(F)cc5nc6c(c3c45)Cn3c-6cc4c(c3=O)COC(=O)[C@]4(O)CC)cc2)C(C)C)-c2ccccc21. The maximum atomic E-state index is 15.5. The van der Waals surface area contributed by atoms with Crippen molar-refractivity contribution in [1.29, 1.82) is 0 Å². The zero-order valence-electron chi connectivity index (χ0n) is 65.0. The fourth-order valence-corrected chi connectivity index (χ4v) is 14.3. The molecule has 4 aliphatic rings. The summed E-state index contributed by atoms with van der Waals surface area (Å²) in [5.74, 6) is -2.99. The highest BCUT2D eigenvalue weighted by Gasteiger charge is 2.46. The Kier molecular flexibility index (Phi) is 31.0. The molecule has 0 saturated heterocycles. The lowest BCUT2D eigenvalue weighted by Gasteiger charge is -2.31. The molecule has 4 atom stereocenters. The number of unbranched alkanes of at least 4 members (excludes halogenated alkanes) is 1. The number of nitrogens with one attached hydrogen (secondary N) is 4. The topological polar surface area (TPSA) is 367 Å². The molecule has 113 heavy (non-hydrogen) atoms. The second-order valence-corrected chi connectivity index (χ2v) is 28.2. The molecule has 0 fully saturated rings. The number of cyclic esters (lactones) is 1. The van der Waals surface area contributed by atoms with Gasteiger partial charge in [-0.3, -0.25) is 24.0 Å². The van der Waals surface area contributed by atoms with Crippen molar-refractivity contribution in [3.63, 3.8) is 0 Å². The third-order valence-corrected chi connectivity index (χ3v) is 20.4. The van der Waals surface area contributed by atoms with E-state index in [0.717, 1.165) is 39.3 Å². The van der Waals surface area contributed by atoms with Gasteiger partial charge in [-0.15, -0.1) is 5.10 Å². The van der Waals surface area contributed by atoms with Gasteiger partial charge in [-0.2, -0.15) is 0 Å². The molecule has 1 aliphatic carbocycles. The van der Waals surface area contributed by atoms with E-state index in [-0.39, 0.29) is 81.8 Å². The summed E-state index contributed by atoms with van der Waals surface area (Å²) in [5.41, 5.74) is 13.5. The Bertz CT molecular complexity index is 4500. The first-order chi connectivity index (χ1) is 54.9. The van der Waals surface area contributed by atoms with Crippen LogP contribution in [0.4, 0.5) is 20.6 Å². The molecule has 0 radical (unpaired) electrons. The number of esters is 1. The van der Waals surface area contributed by atoms with Gasteiger partial charge >= 0.3 is 12.1 Å². The van der Waals surface area contributed by atoms with E-state index in [2.05, 4.69) is 37.6 Å². The van der Waals surface area contributed by atoms with Crippen molar-refractivity contribution in [2.24, 2.45) is 11.7 Å². The maximum absolute atomic E-state index is 15.5. The fourth-order valence-electron chi connectivity index (χ4n) is 14.3. The molecule has 11 rings (SSSR count). The Hall–Kier alpha value is -9.51. The Balaban J connectivity index is 0.496. The largest absolute Gasteiger partial charge is 0.458 e. The van der Waals surface area contributed by atoms with Crippen LogP contribution in [0.25, 0.3) is 44.8 Å². The predicted molar refractivity (Wildman–Crippen MR) is 415 cm³/mol. The van der Waals surface area contributed by atoms with Crippen molar-refractivity contribution in [3.05, 3.63) is 146 Å². The molecule has 4 aromatic carbocycles. The van der Waals surface area contributed by atoms with E-state index in [1.54, 1.807) is 58.0 Å². The van der Waals surface area contributed by atoms with Crippen LogP contribution < -0.4 is 37.5 Å². The number of halogens is 1. The van der Waals surface area contributed by atoms with Crippen molar-refractivity contribution in [2.75, 3.05) is 136 Å². The Labute approximate surface area is 655 Å². The molecule has 0 unspecified atom stereocenters. The molecule has 3 aliphatic heterocycles. The number of hydrogen-bond acceptors (Lipinski definition) is 23. The molecule has 608 valence electrons. The van der Waals surface area contributed by atoms with Gasteiger partial charge in [-0.05, 0) is 110 Å². The highest BCUT2D eigenvalue weighted by molar-refractivity contribution is 6.01. The number of amides is 5. The molecular formula is C82H104FN11O19. The monoisotopic (exact) mass is 1570 g/mol. The summed E-state index contributed by atoms with van der Waals surface area (Å²) >= 11 is 0. The van der Waals surface area contributed by atoms with Gasteiger partial charge in [0.1, 0.15) is 36.8 Å². The molecule has 0 bridgehead atoms. The number of ether oxygens (including phenoxy) is 11. The van der Waals surface area contributed by atoms with E-state index >= 15 is 4.39 Å². The fraction of sp³-hybridized carbons (Fsp3) is 0.512. The lowest BCUT2D eigenvalue weighted by molar-refractivity contribution is -0.172. The number of fused-ring (bicyclic) bond motifs is 10. The molecule has 7 aromatic rings. The van der Waals surface area contributed by atoms with Gasteiger partial charge in [0.15, 0.2) is 5.60 Å². The number of anilines is 2. The summed E-state index contributed by atoms with van der Waals surface area (Å²) in [6.45, 7) is 16.5. The number of nitrogens with zero attached hydrogens (tertiary/aromatic N) is 6. The van der Waals surface area contributed by atoms with Crippen molar-refractivity contribution in [2.45, 2.75) is 143 Å². The summed E-state index contributed by atoms with van der Waals surface area (Å²) < 4.78 is 80.7. The lowest BCUT2D eigenvalue weighted by atomic mass is 9.81. The molecular weight excluding hydrogens is 1460 g/mol. The van der Waals surface area contributed by atoms with Crippen LogP contribution in [-0.4, -0.2) is 203 Å². The first-order valence-corrected chi connectivity index (χ1v) is 39.0. The number of aromatic nitrogens is 5. The summed E-state index contributed by atoms with van der Waals surface area (Å²) in [6.07, 6.45) is 1.85. The minimum atomic E-state index is -2.04. The molecule has 31 heteroatoms. The van der Waals surface area contributed by atoms with E-state index in [1.165, 1.54) is 10.6 Å². The second kappa shape index (κ2) is 41.5. The van der Waals surface area contributed by atoms with E-state index in [4.69, 9.17) is 62.8 Å². The number of benzene rings is 4.